The Hall–Kier alpha value is -2.11. The lowest BCUT2D eigenvalue weighted by molar-refractivity contribution is -0.120. The Balaban J connectivity index is 1.69. The maximum atomic E-state index is 12.4. The molecule has 1 aromatic carbocycles. The van der Waals surface area contributed by atoms with Crippen molar-refractivity contribution < 1.29 is 9.59 Å². The molecule has 1 fully saturated rings. The highest BCUT2D eigenvalue weighted by Gasteiger charge is 2.21. The van der Waals surface area contributed by atoms with E-state index < -0.39 is 5.91 Å². The third kappa shape index (κ3) is 4.54. The molecule has 0 spiro atoms. The maximum Gasteiger partial charge on any atom is 0.258 e. The molecular weight excluding hydrogens is 373 g/mol. The van der Waals surface area contributed by atoms with Crippen LogP contribution < -0.4 is 10.6 Å². The van der Waals surface area contributed by atoms with Crippen molar-refractivity contribution >= 4 is 46.5 Å². The van der Waals surface area contributed by atoms with Gasteiger partial charge >= 0.3 is 0 Å². The second-order valence-corrected chi connectivity index (χ2v) is 7.12. The molecule has 0 bridgehead atoms. The van der Waals surface area contributed by atoms with Gasteiger partial charge in [-0.2, -0.15) is 0 Å². The number of nitrogens with one attached hydrogen (secondary N) is 2. The number of hydrogen-bond donors (Lipinski definition) is 2. The van der Waals surface area contributed by atoms with Crippen LogP contribution in [0.25, 0.3) is 0 Å². The molecule has 1 aliphatic carbocycles. The van der Waals surface area contributed by atoms with Gasteiger partial charge in [-0.05, 0) is 31.0 Å². The minimum absolute atomic E-state index is 0.0187. The van der Waals surface area contributed by atoms with Gasteiger partial charge in [0.2, 0.25) is 5.91 Å². The van der Waals surface area contributed by atoms with E-state index in [1.165, 1.54) is 12.6 Å². The maximum absolute atomic E-state index is 12.4. The standard InChI is InChI=1S/C19H19Cl2N3O2/c20-14-7-4-8-15(21)17(14)19(26)23-13-9-10-22-16(11-13)24-18(25)12-5-2-1-3-6-12/h4,7-12H,1-3,5-6H2,(H2,22,23,24,25,26). The topological polar surface area (TPSA) is 71.1 Å². The van der Waals surface area contributed by atoms with E-state index in [0.717, 1.165) is 25.7 Å². The van der Waals surface area contributed by atoms with Crippen molar-refractivity contribution in [3.8, 4) is 0 Å². The zero-order valence-electron chi connectivity index (χ0n) is 14.1. The lowest BCUT2D eigenvalue weighted by atomic mass is 9.89. The molecule has 0 atom stereocenters. The summed E-state index contributed by atoms with van der Waals surface area (Å²) < 4.78 is 0. The number of carbonyl (C=O) groups excluding carboxylic acids is 2. The highest BCUT2D eigenvalue weighted by Crippen LogP contribution is 2.27. The van der Waals surface area contributed by atoms with Crippen LogP contribution in [0.3, 0.4) is 0 Å². The molecule has 1 aliphatic rings. The predicted molar refractivity (Wildman–Crippen MR) is 104 cm³/mol. The number of rotatable bonds is 4. The van der Waals surface area contributed by atoms with Gasteiger partial charge in [-0.25, -0.2) is 4.98 Å². The molecule has 1 heterocycles. The molecule has 2 N–H and O–H groups in total. The number of halogens is 2. The van der Waals surface area contributed by atoms with Gasteiger partial charge in [-0.3, -0.25) is 9.59 Å². The van der Waals surface area contributed by atoms with Gasteiger partial charge in [-0.15, -0.1) is 0 Å². The third-order valence-corrected chi connectivity index (χ3v) is 5.06. The Kier molecular flexibility index (Phi) is 6.12. The molecular formula is C19H19Cl2N3O2. The van der Waals surface area contributed by atoms with E-state index in [0.29, 0.717) is 11.5 Å². The van der Waals surface area contributed by atoms with Crippen molar-refractivity contribution in [3.63, 3.8) is 0 Å². The third-order valence-electron chi connectivity index (χ3n) is 4.43. The Morgan fingerprint density at radius 1 is 1.00 bits per heavy atom. The SMILES string of the molecule is O=C(Nc1ccnc(NC(=O)C2CCCCC2)c1)c1c(Cl)cccc1Cl. The summed E-state index contributed by atoms with van der Waals surface area (Å²) in [6, 6.07) is 8.13. The van der Waals surface area contributed by atoms with E-state index in [1.54, 1.807) is 30.3 Å². The lowest BCUT2D eigenvalue weighted by Crippen LogP contribution is -2.25. The molecule has 7 heteroatoms. The van der Waals surface area contributed by atoms with Crippen LogP contribution in [-0.2, 0) is 4.79 Å². The number of nitrogens with zero attached hydrogens (tertiary/aromatic N) is 1. The van der Waals surface area contributed by atoms with Crippen molar-refractivity contribution in [1.82, 2.24) is 4.98 Å². The first kappa shape index (κ1) is 18.7. The molecule has 0 unspecified atom stereocenters. The average Bonchev–Trinajstić information content (AvgIpc) is 2.62. The van der Waals surface area contributed by atoms with Crippen LogP contribution in [0.15, 0.2) is 36.5 Å². The molecule has 5 nitrogen and oxygen atoms in total. The van der Waals surface area contributed by atoms with E-state index in [1.807, 2.05) is 0 Å². The first-order valence-electron chi connectivity index (χ1n) is 8.57. The summed E-state index contributed by atoms with van der Waals surface area (Å²) in [7, 11) is 0. The summed E-state index contributed by atoms with van der Waals surface area (Å²) in [6.45, 7) is 0. The van der Waals surface area contributed by atoms with Crippen LogP contribution in [0.5, 0.6) is 0 Å². The summed E-state index contributed by atoms with van der Waals surface area (Å²) in [5.74, 6) is 0.000500. The highest BCUT2D eigenvalue weighted by atomic mass is 35.5. The summed E-state index contributed by atoms with van der Waals surface area (Å²) in [5.41, 5.74) is 0.709. The number of amides is 2. The Morgan fingerprint density at radius 2 is 1.69 bits per heavy atom. The second-order valence-electron chi connectivity index (χ2n) is 6.30. The number of carbonyl (C=O) groups is 2. The van der Waals surface area contributed by atoms with Crippen molar-refractivity contribution in [2.24, 2.45) is 5.92 Å². The molecule has 1 saturated carbocycles. The fraction of sp³-hybridized carbons (Fsp3) is 0.316. The fourth-order valence-corrected chi connectivity index (χ4v) is 3.65. The number of benzene rings is 1. The van der Waals surface area contributed by atoms with Crippen LogP contribution in [0.2, 0.25) is 10.0 Å². The fourth-order valence-electron chi connectivity index (χ4n) is 3.08. The van der Waals surface area contributed by atoms with Crippen LogP contribution in [0.1, 0.15) is 42.5 Å². The summed E-state index contributed by atoms with van der Waals surface area (Å²) in [5, 5.41) is 6.11. The molecule has 26 heavy (non-hydrogen) atoms. The molecule has 0 radical (unpaired) electrons. The lowest BCUT2D eigenvalue weighted by Gasteiger charge is -2.20. The monoisotopic (exact) mass is 391 g/mol. The van der Waals surface area contributed by atoms with Crippen molar-refractivity contribution in [1.29, 1.82) is 0 Å². The molecule has 0 aliphatic heterocycles. The quantitative estimate of drug-likeness (QED) is 0.755. The van der Waals surface area contributed by atoms with E-state index in [9.17, 15) is 9.59 Å². The van der Waals surface area contributed by atoms with Crippen molar-refractivity contribution in [2.75, 3.05) is 10.6 Å². The van der Waals surface area contributed by atoms with Crippen LogP contribution in [0, 0.1) is 5.92 Å². The second kappa shape index (κ2) is 8.52. The summed E-state index contributed by atoms with van der Waals surface area (Å²) >= 11 is 12.1. The summed E-state index contributed by atoms with van der Waals surface area (Å²) in [4.78, 5) is 28.9. The van der Waals surface area contributed by atoms with Gasteiger partial charge < -0.3 is 10.6 Å². The van der Waals surface area contributed by atoms with Gasteiger partial charge in [0.25, 0.3) is 5.91 Å². The van der Waals surface area contributed by atoms with E-state index in [-0.39, 0.29) is 27.4 Å². The number of aromatic nitrogens is 1. The number of pyridine rings is 1. The van der Waals surface area contributed by atoms with Gasteiger partial charge in [0.15, 0.2) is 0 Å². The zero-order chi connectivity index (χ0) is 18.5. The zero-order valence-corrected chi connectivity index (χ0v) is 15.6. The van der Waals surface area contributed by atoms with Gasteiger partial charge in [0, 0.05) is 23.9 Å². The van der Waals surface area contributed by atoms with Crippen molar-refractivity contribution in [2.45, 2.75) is 32.1 Å². The highest BCUT2D eigenvalue weighted by molar-refractivity contribution is 6.40. The predicted octanol–water partition coefficient (Wildman–Crippen LogP) is 5.16. The molecule has 1 aromatic heterocycles. The van der Waals surface area contributed by atoms with Crippen LogP contribution in [0.4, 0.5) is 11.5 Å². The largest absolute Gasteiger partial charge is 0.322 e. The van der Waals surface area contributed by atoms with Gasteiger partial charge in [0.05, 0.1) is 15.6 Å². The van der Waals surface area contributed by atoms with Crippen LogP contribution in [-0.4, -0.2) is 16.8 Å². The van der Waals surface area contributed by atoms with Crippen molar-refractivity contribution in [3.05, 3.63) is 52.1 Å². The normalized spacial score (nSPS) is 14.7. The Bertz CT molecular complexity index is 800. The number of anilines is 2. The minimum atomic E-state index is -0.420. The number of hydrogen-bond acceptors (Lipinski definition) is 3. The van der Waals surface area contributed by atoms with Crippen LogP contribution >= 0.6 is 23.2 Å². The first-order valence-corrected chi connectivity index (χ1v) is 9.32. The molecule has 2 aromatic rings. The Labute approximate surface area is 162 Å². The molecule has 3 rings (SSSR count). The molecule has 136 valence electrons. The van der Waals surface area contributed by atoms with E-state index >= 15 is 0 Å². The molecule has 0 saturated heterocycles. The van der Waals surface area contributed by atoms with E-state index in [4.69, 9.17) is 23.2 Å². The minimum Gasteiger partial charge on any atom is -0.322 e. The molecule has 2 amide bonds. The smallest absolute Gasteiger partial charge is 0.258 e. The summed E-state index contributed by atoms with van der Waals surface area (Å²) in [6.07, 6.45) is 6.70. The first-order chi connectivity index (χ1) is 12.5. The van der Waals surface area contributed by atoms with Gasteiger partial charge in [0.1, 0.15) is 5.82 Å². The Morgan fingerprint density at radius 3 is 2.38 bits per heavy atom. The van der Waals surface area contributed by atoms with E-state index in [2.05, 4.69) is 15.6 Å². The van der Waals surface area contributed by atoms with Gasteiger partial charge in [-0.1, -0.05) is 48.5 Å². The average molecular weight is 392 g/mol.